The number of ether oxygens (including phenoxy) is 1. The third kappa shape index (κ3) is 2.94. The van der Waals surface area contributed by atoms with E-state index in [-0.39, 0.29) is 0 Å². The normalized spacial score (nSPS) is 12.4. The number of benzene rings is 1. The Hall–Kier alpha value is -2.17. The van der Waals surface area contributed by atoms with E-state index >= 15 is 0 Å². The van der Waals surface area contributed by atoms with Crippen molar-refractivity contribution in [1.82, 2.24) is 9.97 Å². The highest BCUT2D eigenvalue weighted by molar-refractivity contribution is 5.83. The van der Waals surface area contributed by atoms with Gasteiger partial charge in [-0.15, -0.1) is 0 Å². The number of aromatic nitrogens is 2. The smallest absolute Gasteiger partial charge is 0.311 e. The van der Waals surface area contributed by atoms with Crippen molar-refractivity contribution in [1.29, 1.82) is 0 Å². The van der Waals surface area contributed by atoms with E-state index in [2.05, 4.69) is 20.0 Å². The fourth-order valence-corrected chi connectivity index (χ4v) is 1.55. The Kier molecular flexibility index (Phi) is 4.06. The van der Waals surface area contributed by atoms with Crippen molar-refractivity contribution >= 4 is 23.3 Å². The summed E-state index contributed by atoms with van der Waals surface area (Å²) in [7, 11) is 1.56. The summed E-state index contributed by atoms with van der Waals surface area (Å²) in [5.41, 5.74) is 1.96. The second-order valence-corrected chi connectivity index (χ2v) is 3.72. The summed E-state index contributed by atoms with van der Waals surface area (Å²) in [6, 6.07) is 8.26. The molecule has 1 heterocycles. The van der Waals surface area contributed by atoms with Crippen molar-refractivity contribution < 1.29 is 4.74 Å². The summed E-state index contributed by atoms with van der Waals surface area (Å²) in [6.07, 6.45) is 2.62. The molecule has 0 aliphatic heterocycles. The van der Waals surface area contributed by atoms with Gasteiger partial charge in [-0.1, -0.05) is 19.1 Å². The van der Waals surface area contributed by atoms with Crippen LogP contribution in [0.1, 0.15) is 19.2 Å². The number of aliphatic imine (C=N–C) groups is 2. The number of hydrogen-bond donors (Lipinski definition) is 1. The molecule has 0 saturated carbocycles. The average Bonchev–Trinajstić information content (AvgIpc) is 2.81. The molecule has 0 fully saturated rings. The molecule has 0 radical (unpaired) electrons. The highest BCUT2D eigenvalue weighted by Crippen LogP contribution is 2.10. The first-order valence-electron chi connectivity index (χ1n) is 5.88. The van der Waals surface area contributed by atoms with Gasteiger partial charge in [-0.25, -0.2) is 15.0 Å². The zero-order valence-electron chi connectivity index (χ0n) is 10.6. The van der Waals surface area contributed by atoms with E-state index in [4.69, 9.17) is 4.74 Å². The van der Waals surface area contributed by atoms with Crippen molar-refractivity contribution in [3.05, 3.63) is 30.1 Å². The van der Waals surface area contributed by atoms with E-state index in [9.17, 15) is 0 Å². The van der Waals surface area contributed by atoms with Crippen LogP contribution in [0.25, 0.3) is 11.0 Å². The van der Waals surface area contributed by atoms with Crippen LogP contribution in [0.5, 0.6) is 0 Å². The predicted octanol–water partition coefficient (Wildman–Crippen LogP) is 2.55. The van der Waals surface area contributed by atoms with Crippen LogP contribution in [0.2, 0.25) is 0 Å². The number of nitrogens with one attached hydrogen (secondary N) is 1. The summed E-state index contributed by atoms with van der Waals surface area (Å²) < 4.78 is 5.06. The van der Waals surface area contributed by atoms with Crippen LogP contribution < -0.4 is 0 Å². The average molecular weight is 244 g/mol. The number of rotatable bonds is 3. The Morgan fingerprint density at radius 1 is 1.44 bits per heavy atom. The van der Waals surface area contributed by atoms with Gasteiger partial charge in [0.25, 0.3) is 0 Å². The summed E-state index contributed by atoms with van der Waals surface area (Å²) in [4.78, 5) is 16.0. The molecule has 0 amide bonds. The molecule has 5 heteroatoms. The molecular weight excluding hydrogens is 228 g/mol. The zero-order chi connectivity index (χ0) is 12.8. The lowest BCUT2D eigenvalue weighted by atomic mass is 10.3. The topological polar surface area (TPSA) is 62.6 Å². The monoisotopic (exact) mass is 244 g/mol. The third-order valence-electron chi connectivity index (χ3n) is 2.37. The Balaban J connectivity index is 2.13. The van der Waals surface area contributed by atoms with E-state index < -0.39 is 0 Å². The van der Waals surface area contributed by atoms with Crippen LogP contribution in [0, 0.1) is 0 Å². The predicted molar refractivity (Wildman–Crippen MR) is 73.0 cm³/mol. The first-order chi connectivity index (χ1) is 8.83. The van der Waals surface area contributed by atoms with Crippen LogP contribution in [-0.4, -0.2) is 29.3 Å². The highest BCUT2D eigenvalue weighted by Gasteiger charge is 2.01. The van der Waals surface area contributed by atoms with Gasteiger partial charge in [-0.2, -0.15) is 0 Å². The molecule has 1 aromatic carbocycles. The van der Waals surface area contributed by atoms with E-state index in [1.165, 1.54) is 0 Å². The van der Waals surface area contributed by atoms with Crippen molar-refractivity contribution in [3.63, 3.8) is 0 Å². The summed E-state index contributed by atoms with van der Waals surface area (Å²) >= 11 is 0. The van der Waals surface area contributed by atoms with Gasteiger partial charge in [0.15, 0.2) is 0 Å². The van der Waals surface area contributed by atoms with Gasteiger partial charge in [0.2, 0.25) is 0 Å². The molecule has 0 bridgehead atoms. The van der Waals surface area contributed by atoms with Gasteiger partial charge in [-0.05, 0) is 18.6 Å². The molecule has 0 unspecified atom stereocenters. The second kappa shape index (κ2) is 5.95. The maximum atomic E-state index is 5.06. The lowest BCUT2D eigenvalue weighted by Crippen LogP contribution is -1.99. The van der Waals surface area contributed by atoms with Crippen LogP contribution in [0.4, 0.5) is 0 Å². The minimum absolute atomic E-state index is 0.373. The van der Waals surface area contributed by atoms with E-state index in [0.29, 0.717) is 12.6 Å². The molecule has 5 nitrogen and oxygen atoms in total. The molecule has 1 aromatic heterocycles. The van der Waals surface area contributed by atoms with Crippen molar-refractivity contribution in [2.24, 2.45) is 9.98 Å². The number of hydrogen-bond acceptors (Lipinski definition) is 3. The van der Waals surface area contributed by atoms with Crippen LogP contribution >= 0.6 is 0 Å². The van der Waals surface area contributed by atoms with Gasteiger partial charge in [-0.3, -0.25) is 0 Å². The molecule has 18 heavy (non-hydrogen) atoms. The molecule has 94 valence electrons. The summed E-state index contributed by atoms with van der Waals surface area (Å²) in [6.45, 7) is 2.44. The SMILES string of the molecule is CCC=NC(=NCc1nc2ccccc2[nH]1)OC. The van der Waals surface area contributed by atoms with Crippen molar-refractivity contribution in [3.8, 4) is 0 Å². The van der Waals surface area contributed by atoms with Gasteiger partial charge < -0.3 is 9.72 Å². The fraction of sp³-hybridized carbons (Fsp3) is 0.308. The van der Waals surface area contributed by atoms with Gasteiger partial charge in [0, 0.05) is 6.21 Å². The largest absolute Gasteiger partial charge is 0.467 e. The molecule has 0 saturated heterocycles. The number of fused-ring (bicyclic) bond motifs is 1. The highest BCUT2D eigenvalue weighted by atomic mass is 16.5. The Labute approximate surface area is 106 Å². The molecule has 1 N–H and O–H groups in total. The number of nitrogens with zero attached hydrogens (tertiary/aromatic N) is 3. The van der Waals surface area contributed by atoms with E-state index in [0.717, 1.165) is 23.3 Å². The number of H-pyrrole nitrogens is 1. The molecule has 0 aliphatic rings. The first-order valence-corrected chi connectivity index (χ1v) is 5.88. The van der Waals surface area contributed by atoms with Crippen LogP contribution in [-0.2, 0) is 11.3 Å². The molecular formula is C13H16N4O. The van der Waals surface area contributed by atoms with Gasteiger partial charge in [0.1, 0.15) is 12.4 Å². The lowest BCUT2D eigenvalue weighted by molar-refractivity contribution is 0.394. The van der Waals surface area contributed by atoms with E-state index in [1.807, 2.05) is 31.2 Å². The minimum atomic E-state index is 0.373. The molecule has 2 rings (SSSR count). The van der Waals surface area contributed by atoms with E-state index in [1.54, 1.807) is 13.3 Å². The number of methoxy groups -OCH3 is 1. The van der Waals surface area contributed by atoms with Crippen LogP contribution in [0.3, 0.4) is 0 Å². The van der Waals surface area contributed by atoms with Crippen molar-refractivity contribution in [2.45, 2.75) is 19.9 Å². The standard InChI is InChI=1S/C13H16N4O/c1-3-8-14-13(18-2)15-9-12-16-10-6-4-5-7-11(10)17-12/h4-8H,3,9H2,1-2H3,(H,16,17). The second-order valence-electron chi connectivity index (χ2n) is 3.72. The maximum Gasteiger partial charge on any atom is 0.311 e. The first kappa shape index (κ1) is 12.3. The molecule has 2 aromatic rings. The third-order valence-corrected chi connectivity index (χ3v) is 2.37. The van der Waals surface area contributed by atoms with Crippen molar-refractivity contribution in [2.75, 3.05) is 7.11 Å². The number of amidine groups is 1. The number of aromatic amines is 1. The fourth-order valence-electron chi connectivity index (χ4n) is 1.55. The van der Waals surface area contributed by atoms with Crippen LogP contribution in [0.15, 0.2) is 34.3 Å². The van der Waals surface area contributed by atoms with Gasteiger partial charge in [0.05, 0.1) is 18.1 Å². The van der Waals surface area contributed by atoms with Gasteiger partial charge >= 0.3 is 6.02 Å². The summed E-state index contributed by atoms with van der Waals surface area (Å²) in [5, 5.41) is 0. The zero-order valence-corrected chi connectivity index (χ0v) is 10.6. The maximum absolute atomic E-state index is 5.06. The molecule has 0 atom stereocenters. The Bertz CT molecular complexity index is 538. The Morgan fingerprint density at radius 3 is 3.00 bits per heavy atom. The molecule has 0 spiro atoms. The summed E-state index contributed by atoms with van der Waals surface area (Å²) in [5.74, 6) is 0.803. The quantitative estimate of drug-likeness (QED) is 0.666. The Morgan fingerprint density at radius 2 is 2.28 bits per heavy atom. The molecule has 0 aliphatic carbocycles. The number of imidazole rings is 1. The minimum Gasteiger partial charge on any atom is -0.467 e. The number of para-hydroxylation sites is 2. The lowest BCUT2D eigenvalue weighted by Gasteiger charge is -1.96.